The summed E-state index contributed by atoms with van der Waals surface area (Å²) in [6.07, 6.45) is 0.766. The van der Waals surface area contributed by atoms with Gasteiger partial charge in [0.25, 0.3) is 5.91 Å². The Bertz CT molecular complexity index is 1650. The normalized spacial score (nSPS) is 12.7. The van der Waals surface area contributed by atoms with Gasteiger partial charge in [0.2, 0.25) is 5.91 Å². The molecule has 0 spiro atoms. The number of carbonyl (C=O) groups is 3. The predicted octanol–water partition coefficient (Wildman–Crippen LogP) is 5.86. The summed E-state index contributed by atoms with van der Waals surface area (Å²) in [5.41, 5.74) is 3.29. The number of thioether (sulfide) groups is 1. The maximum atomic E-state index is 12.9. The lowest BCUT2D eigenvalue weighted by Crippen LogP contribution is -2.29. The molecule has 0 saturated heterocycles. The highest BCUT2D eigenvalue weighted by Gasteiger charge is 2.25. The van der Waals surface area contributed by atoms with Crippen LogP contribution in [0.4, 0.5) is 10.7 Å². The number of hydrogen-bond acceptors (Lipinski definition) is 7. The monoisotopic (exact) mass is 582 g/mol. The highest BCUT2D eigenvalue weighted by atomic mass is 32.2. The average molecular weight is 583 g/mol. The Kier molecular flexibility index (Phi) is 8.79. The van der Waals surface area contributed by atoms with Crippen LogP contribution in [0.1, 0.15) is 42.3 Å². The number of amides is 2. The second-order valence-electron chi connectivity index (χ2n) is 9.44. The fourth-order valence-electron chi connectivity index (χ4n) is 4.68. The van der Waals surface area contributed by atoms with Gasteiger partial charge in [0.1, 0.15) is 11.1 Å². The number of hydrogen-bond donors (Lipinski definition) is 3. The van der Waals surface area contributed by atoms with Gasteiger partial charge in [-0.3, -0.25) is 14.5 Å². The summed E-state index contributed by atoms with van der Waals surface area (Å²) in [6, 6.07) is 25.6. The van der Waals surface area contributed by atoms with Crippen molar-refractivity contribution in [2.45, 2.75) is 24.4 Å². The van der Waals surface area contributed by atoms with Crippen molar-refractivity contribution in [1.82, 2.24) is 4.90 Å². The average Bonchev–Trinajstić information content (AvgIpc) is 3.32. The van der Waals surface area contributed by atoms with Gasteiger partial charge in [-0.2, -0.15) is 5.26 Å². The number of carbonyl (C=O) groups excluding carboxylic acids is 2. The van der Waals surface area contributed by atoms with Gasteiger partial charge in [-0.25, -0.2) is 4.79 Å². The van der Waals surface area contributed by atoms with E-state index in [1.165, 1.54) is 40.8 Å². The SMILES string of the molecule is N#Cc1c(NC(=O)CSc2cccc(NC(=O)c3ccccc3C(=O)O)c2)sc2c1CCN(Cc1ccccc1)C2. The molecule has 3 N–H and O–H groups in total. The summed E-state index contributed by atoms with van der Waals surface area (Å²) in [6.45, 7) is 2.43. The van der Waals surface area contributed by atoms with E-state index in [4.69, 9.17) is 0 Å². The van der Waals surface area contributed by atoms with E-state index in [9.17, 15) is 24.8 Å². The molecule has 4 aromatic rings. The molecule has 5 rings (SSSR count). The first-order valence-electron chi connectivity index (χ1n) is 12.9. The molecule has 206 valence electrons. The van der Waals surface area contributed by atoms with Gasteiger partial charge in [0.15, 0.2) is 0 Å². The molecular formula is C31H26N4O4S2. The minimum absolute atomic E-state index is 0.0626. The van der Waals surface area contributed by atoms with Crippen LogP contribution >= 0.6 is 23.1 Å². The molecule has 41 heavy (non-hydrogen) atoms. The molecule has 1 aliphatic rings. The van der Waals surface area contributed by atoms with Crippen LogP contribution in [0.5, 0.6) is 0 Å². The lowest BCUT2D eigenvalue weighted by Gasteiger charge is -2.26. The molecule has 8 nitrogen and oxygen atoms in total. The van der Waals surface area contributed by atoms with Crippen LogP contribution in [0.15, 0.2) is 83.8 Å². The van der Waals surface area contributed by atoms with E-state index in [-0.39, 0.29) is 22.8 Å². The van der Waals surface area contributed by atoms with Crippen molar-refractivity contribution in [2.75, 3.05) is 22.9 Å². The molecule has 0 unspecified atom stereocenters. The van der Waals surface area contributed by atoms with Gasteiger partial charge in [-0.1, -0.05) is 48.5 Å². The Morgan fingerprint density at radius 1 is 0.976 bits per heavy atom. The molecule has 1 aliphatic heterocycles. The summed E-state index contributed by atoms with van der Waals surface area (Å²) in [5.74, 6) is -1.82. The number of fused-ring (bicyclic) bond motifs is 1. The van der Waals surface area contributed by atoms with Gasteiger partial charge in [0.05, 0.1) is 22.4 Å². The van der Waals surface area contributed by atoms with Gasteiger partial charge in [-0.15, -0.1) is 23.1 Å². The zero-order valence-electron chi connectivity index (χ0n) is 21.9. The van der Waals surface area contributed by atoms with Crippen molar-refractivity contribution >= 4 is 51.6 Å². The number of nitriles is 1. The fraction of sp³-hybridized carbons (Fsp3) is 0.161. The van der Waals surface area contributed by atoms with Crippen molar-refractivity contribution < 1.29 is 19.5 Å². The third-order valence-corrected chi connectivity index (χ3v) is 8.74. The second kappa shape index (κ2) is 12.8. The van der Waals surface area contributed by atoms with Crippen molar-refractivity contribution in [3.8, 4) is 6.07 Å². The van der Waals surface area contributed by atoms with Crippen molar-refractivity contribution in [3.63, 3.8) is 0 Å². The fourth-order valence-corrected chi connectivity index (χ4v) is 6.69. The van der Waals surface area contributed by atoms with Crippen LogP contribution in [-0.4, -0.2) is 40.1 Å². The second-order valence-corrected chi connectivity index (χ2v) is 11.6. The number of carboxylic acids is 1. The molecular weight excluding hydrogens is 556 g/mol. The number of aromatic carboxylic acids is 1. The summed E-state index contributed by atoms with van der Waals surface area (Å²) in [5, 5.41) is 25.4. The van der Waals surface area contributed by atoms with E-state index >= 15 is 0 Å². The highest BCUT2D eigenvalue weighted by Crippen LogP contribution is 2.37. The molecule has 2 amide bonds. The molecule has 3 aromatic carbocycles. The molecule has 0 saturated carbocycles. The molecule has 0 bridgehead atoms. The Balaban J connectivity index is 1.19. The Morgan fingerprint density at radius 3 is 2.49 bits per heavy atom. The highest BCUT2D eigenvalue weighted by molar-refractivity contribution is 8.00. The van der Waals surface area contributed by atoms with Crippen molar-refractivity contribution in [2.24, 2.45) is 0 Å². The minimum atomic E-state index is -1.18. The van der Waals surface area contributed by atoms with Gasteiger partial charge < -0.3 is 15.7 Å². The summed E-state index contributed by atoms with van der Waals surface area (Å²) >= 11 is 2.77. The first-order valence-corrected chi connectivity index (χ1v) is 14.7. The first-order chi connectivity index (χ1) is 19.9. The topological polar surface area (TPSA) is 123 Å². The molecule has 10 heteroatoms. The Labute approximate surface area is 245 Å². The van der Waals surface area contributed by atoms with Crippen molar-refractivity contribution in [1.29, 1.82) is 5.26 Å². The molecule has 0 aliphatic carbocycles. The predicted molar refractivity (Wildman–Crippen MR) is 160 cm³/mol. The van der Waals surface area contributed by atoms with Crippen LogP contribution in [0.25, 0.3) is 0 Å². The summed E-state index contributed by atoms with van der Waals surface area (Å²) in [7, 11) is 0. The molecule has 1 aromatic heterocycles. The minimum Gasteiger partial charge on any atom is -0.478 e. The number of anilines is 2. The largest absolute Gasteiger partial charge is 0.478 e. The third kappa shape index (κ3) is 6.84. The first kappa shape index (κ1) is 28.1. The number of carboxylic acid groups (broad SMARTS) is 1. The van der Waals surface area contributed by atoms with E-state index in [1.807, 2.05) is 24.3 Å². The van der Waals surface area contributed by atoms with Crippen LogP contribution in [0.3, 0.4) is 0 Å². The summed E-state index contributed by atoms with van der Waals surface area (Å²) < 4.78 is 0. The zero-order chi connectivity index (χ0) is 28.8. The van der Waals surface area contributed by atoms with E-state index < -0.39 is 11.9 Å². The third-order valence-electron chi connectivity index (χ3n) is 6.61. The number of nitrogens with one attached hydrogen (secondary N) is 2. The lowest BCUT2D eigenvalue weighted by atomic mass is 10.0. The zero-order valence-corrected chi connectivity index (χ0v) is 23.6. The quantitative estimate of drug-likeness (QED) is 0.211. The smallest absolute Gasteiger partial charge is 0.336 e. The van der Waals surface area contributed by atoms with Gasteiger partial charge in [0, 0.05) is 35.1 Å². The van der Waals surface area contributed by atoms with Crippen LogP contribution in [-0.2, 0) is 24.3 Å². The standard InChI is InChI=1S/C31H26N4O4S2/c32-16-26-23-13-14-35(17-20-7-2-1-3-8-20)18-27(23)41-30(26)34-28(36)19-40-22-10-6-9-21(15-22)33-29(37)24-11-4-5-12-25(24)31(38)39/h1-12,15H,13-14,17-19H2,(H,33,37)(H,34,36)(H,38,39). The van der Waals surface area contributed by atoms with Crippen molar-refractivity contribution in [3.05, 3.63) is 112 Å². The Hall–Kier alpha value is -4.43. The molecule has 2 heterocycles. The maximum Gasteiger partial charge on any atom is 0.336 e. The maximum absolute atomic E-state index is 12.9. The van der Waals surface area contributed by atoms with Crippen LogP contribution in [0, 0.1) is 11.3 Å². The van der Waals surface area contributed by atoms with Gasteiger partial charge >= 0.3 is 5.97 Å². The van der Waals surface area contributed by atoms with Crippen LogP contribution < -0.4 is 10.6 Å². The van der Waals surface area contributed by atoms with E-state index in [2.05, 4.69) is 33.7 Å². The number of nitrogens with zero attached hydrogens (tertiary/aromatic N) is 2. The van der Waals surface area contributed by atoms with E-state index in [0.29, 0.717) is 16.3 Å². The van der Waals surface area contributed by atoms with E-state index in [0.717, 1.165) is 41.4 Å². The summed E-state index contributed by atoms with van der Waals surface area (Å²) in [4.78, 5) is 41.2. The molecule has 0 atom stereocenters. The lowest BCUT2D eigenvalue weighted by molar-refractivity contribution is -0.113. The molecule has 0 radical (unpaired) electrons. The van der Waals surface area contributed by atoms with Gasteiger partial charge in [-0.05, 0) is 47.9 Å². The Morgan fingerprint density at radius 2 is 1.73 bits per heavy atom. The number of benzene rings is 3. The number of thiophene rings is 1. The number of rotatable bonds is 9. The van der Waals surface area contributed by atoms with E-state index in [1.54, 1.807) is 30.3 Å². The van der Waals surface area contributed by atoms with Crippen LogP contribution in [0.2, 0.25) is 0 Å². The molecule has 0 fully saturated rings.